The van der Waals surface area contributed by atoms with Gasteiger partial charge in [0.05, 0.1) is 15.9 Å². The third kappa shape index (κ3) is 4.07. The maximum atomic E-state index is 12.2. The van der Waals surface area contributed by atoms with E-state index >= 15 is 0 Å². The number of ether oxygens (including phenoxy) is 1. The zero-order chi connectivity index (χ0) is 18.7. The molecule has 1 saturated carbocycles. The van der Waals surface area contributed by atoms with Crippen molar-refractivity contribution in [2.75, 3.05) is 5.75 Å². The van der Waals surface area contributed by atoms with Gasteiger partial charge in [0.2, 0.25) is 0 Å². The van der Waals surface area contributed by atoms with E-state index in [2.05, 4.69) is 0 Å². The molecule has 1 aromatic carbocycles. The monoisotopic (exact) mass is 372 g/mol. The number of Topliss-reactive ketones (excluding diaryl/α,β-unsaturated/α-hetero) is 1. The minimum absolute atomic E-state index is 0.0618. The second-order valence-electron chi connectivity index (χ2n) is 6.30. The molecule has 1 aliphatic rings. The van der Waals surface area contributed by atoms with Gasteiger partial charge in [0.1, 0.15) is 11.9 Å². The fraction of sp³-hybridized carbons (Fsp3) is 0.350. The first kappa shape index (κ1) is 18.5. The summed E-state index contributed by atoms with van der Waals surface area (Å²) in [7, 11) is 0. The number of carbonyl (C=O) groups is 2. The van der Waals surface area contributed by atoms with Crippen LogP contribution in [0, 0.1) is 6.92 Å². The molecule has 136 valence electrons. The van der Waals surface area contributed by atoms with Crippen LogP contribution < -0.4 is 5.43 Å². The van der Waals surface area contributed by atoms with Gasteiger partial charge >= 0.3 is 5.97 Å². The van der Waals surface area contributed by atoms with E-state index in [-0.39, 0.29) is 22.9 Å². The molecule has 6 heteroatoms. The first-order valence-electron chi connectivity index (χ1n) is 8.54. The van der Waals surface area contributed by atoms with Gasteiger partial charge in [-0.1, -0.05) is 12.1 Å². The van der Waals surface area contributed by atoms with E-state index in [0.717, 1.165) is 24.2 Å². The molecule has 0 bridgehead atoms. The van der Waals surface area contributed by atoms with E-state index in [1.807, 2.05) is 6.07 Å². The summed E-state index contributed by atoms with van der Waals surface area (Å²) in [6, 6.07) is 6.82. The Labute approximate surface area is 155 Å². The zero-order valence-electron chi connectivity index (χ0n) is 14.7. The molecule has 1 aromatic heterocycles. The molecule has 1 heterocycles. The molecule has 5 nitrogen and oxygen atoms in total. The first-order chi connectivity index (χ1) is 12.5. The average Bonchev–Trinajstić information content (AvgIpc) is 2.54. The van der Waals surface area contributed by atoms with Crippen LogP contribution in [0.2, 0.25) is 0 Å². The van der Waals surface area contributed by atoms with Crippen LogP contribution in [-0.4, -0.2) is 23.6 Å². The van der Waals surface area contributed by atoms with Crippen LogP contribution in [0.25, 0.3) is 11.0 Å². The molecule has 2 aromatic rings. The van der Waals surface area contributed by atoms with Gasteiger partial charge in [-0.2, -0.15) is 0 Å². The highest BCUT2D eigenvalue weighted by molar-refractivity contribution is 7.99. The Hall–Kier alpha value is -2.34. The number of thioether (sulfide) groups is 1. The summed E-state index contributed by atoms with van der Waals surface area (Å²) < 4.78 is 11.0. The normalized spacial score (nSPS) is 14.9. The van der Waals surface area contributed by atoms with Crippen molar-refractivity contribution < 1.29 is 18.7 Å². The fourth-order valence-corrected chi connectivity index (χ4v) is 3.56. The summed E-state index contributed by atoms with van der Waals surface area (Å²) in [6.07, 6.45) is 4.30. The highest BCUT2D eigenvalue weighted by Gasteiger charge is 2.25. The lowest BCUT2D eigenvalue weighted by atomic mass is 9.96. The minimum Gasteiger partial charge on any atom is -0.460 e. The summed E-state index contributed by atoms with van der Waals surface area (Å²) in [6.45, 7) is 3.09. The molecule has 0 atom stereocenters. The van der Waals surface area contributed by atoms with Crippen LogP contribution in [0.5, 0.6) is 0 Å². The predicted octanol–water partition coefficient (Wildman–Crippen LogP) is 3.80. The van der Waals surface area contributed by atoms with E-state index in [4.69, 9.17) is 9.15 Å². The molecule has 0 saturated heterocycles. The van der Waals surface area contributed by atoms with Crippen LogP contribution in [0.3, 0.4) is 0 Å². The van der Waals surface area contributed by atoms with Gasteiger partial charge in [0.15, 0.2) is 16.8 Å². The molecule has 0 N–H and O–H groups in total. The highest BCUT2D eigenvalue weighted by atomic mass is 32.2. The summed E-state index contributed by atoms with van der Waals surface area (Å²) in [5, 5.41) is 0.515. The molecule has 0 unspecified atom stereocenters. The number of rotatable bonds is 6. The lowest BCUT2D eigenvalue weighted by Crippen LogP contribution is -2.27. The van der Waals surface area contributed by atoms with Crippen molar-refractivity contribution in [3.63, 3.8) is 0 Å². The Morgan fingerprint density at radius 3 is 2.77 bits per heavy atom. The summed E-state index contributed by atoms with van der Waals surface area (Å²) in [4.78, 5) is 36.8. The van der Waals surface area contributed by atoms with Crippen LogP contribution in [0.15, 0.2) is 50.0 Å². The smallest absolute Gasteiger partial charge is 0.341 e. The highest BCUT2D eigenvalue weighted by Crippen LogP contribution is 2.28. The van der Waals surface area contributed by atoms with Gasteiger partial charge in [-0.3, -0.25) is 9.59 Å². The van der Waals surface area contributed by atoms with Gasteiger partial charge in [-0.25, -0.2) is 4.79 Å². The molecule has 0 aliphatic heterocycles. The predicted molar refractivity (Wildman–Crippen MR) is 100 cm³/mol. The van der Waals surface area contributed by atoms with Gasteiger partial charge in [0.25, 0.3) is 0 Å². The first-order valence-corrected chi connectivity index (χ1v) is 9.52. The van der Waals surface area contributed by atoms with Gasteiger partial charge in [-0.15, -0.1) is 11.8 Å². The third-order valence-electron chi connectivity index (χ3n) is 4.29. The number of para-hydroxylation sites is 1. The number of hydrogen-bond acceptors (Lipinski definition) is 6. The average molecular weight is 372 g/mol. The van der Waals surface area contributed by atoms with E-state index in [9.17, 15) is 14.4 Å². The van der Waals surface area contributed by atoms with Crippen molar-refractivity contribution in [2.45, 2.75) is 44.1 Å². The Bertz CT molecular complexity index is 937. The molecule has 0 spiro atoms. The number of benzene rings is 1. The van der Waals surface area contributed by atoms with E-state index < -0.39 is 5.97 Å². The largest absolute Gasteiger partial charge is 0.460 e. The van der Waals surface area contributed by atoms with Crippen molar-refractivity contribution in [2.24, 2.45) is 0 Å². The van der Waals surface area contributed by atoms with E-state index in [1.54, 1.807) is 25.1 Å². The van der Waals surface area contributed by atoms with Crippen molar-refractivity contribution in [1.82, 2.24) is 0 Å². The fourth-order valence-electron chi connectivity index (χ4n) is 2.67. The third-order valence-corrected chi connectivity index (χ3v) is 5.26. The van der Waals surface area contributed by atoms with Crippen LogP contribution in [-0.2, 0) is 14.3 Å². The van der Waals surface area contributed by atoms with Gasteiger partial charge < -0.3 is 9.15 Å². The van der Waals surface area contributed by atoms with Gasteiger partial charge in [-0.05, 0) is 45.2 Å². The van der Waals surface area contributed by atoms with Crippen LogP contribution >= 0.6 is 11.8 Å². The topological polar surface area (TPSA) is 73.6 Å². The lowest BCUT2D eigenvalue weighted by molar-refractivity contribution is -0.148. The van der Waals surface area contributed by atoms with Crippen molar-refractivity contribution in [3.8, 4) is 0 Å². The maximum absolute atomic E-state index is 12.2. The Morgan fingerprint density at radius 1 is 1.35 bits per heavy atom. The van der Waals surface area contributed by atoms with Crippen molar-refractivity contribution in [1.29, 1.82) is 0 Å². The van der Waals surface area contributed by atoms with Crippen LogP contribution in [0.1, 0.15) is 31.9 Å². The second-order valence-corrected chi connectivity index (χ2v) is 7.36. The van der Waals surface area contributed by atoms with Crippen molar-refractivity contribution >= 4 is 34.5 Å². The Balaban J connectivity index is 1.77. The number of ketones is 1. The standard InChI is InChI=1S/C20H20O5S/c1-12-11-17(22)16-7-4-8-18(19(16)24-12)26-10-9-15(13(2)21)20(23)25-14-5-3-6-14/h4,7-9,11,14H,3,5-6,10H2,1-2H3/b15-9-. The molecular weight excluding hydrogens is 352 g/mol. The molecule has 1 aliphatic carbocycles. The molecule has 3 rings (SSSR count). The van der Waals surface area contributed by atoms with Crippen LogP contribution in [0.4, 0.5) is 0 Å². The quantitative estimate of drug-likeness (QED) is 0.252. The SMILES string of the molecule is CC(=O)/C(=C/CSc1cccc2c(=O)cc(C)oc12)C(=O)OC1CCC1. The van der Waals surface area contributed by atoms with E-state index in [0.29, 0.717) is 22.5 Å². The number of esters is 1. The minimum atomic E-state index is -0.553. The number of carbonyl (C=O) groups excluding carboxylic acids is 2. The number of fused-ring (bicyclic) bond motifs is 1. The Kier molecular flexibility index (Phi) is 5.61. The summed E-state index contributed by atoms with van der Waals surface area (Å²) in [5.74, 6) is 0.0729. The number of hydrogen-bond donors (Lipinski definition) is 0. The van der Waals surface area contributed by atoms with Gasteiger partial charge in [0, 0.05) is 11.8 Å². The molecule has 0 radical (unpaired) electrons. The molecule has 0 amide bonds. The molecular formula is C20H20O5S. The molecule has 1 fully saturated rings. The second kappa shape index (κ2) is 7.91. The maximum Gasteiger partial charge on any atom is 0.341 e. The van der Waals surface area contributed by atoms with E-state index in [1.165, 1.54) is 24.8 Å². The molecule has 26 heavy (non-hydrogen) atoms. The number of aryl methyl sites for hydroxylation is 1. The lowest BCUT2D eigenvalue weighted by Gasteiger charge is -2.25. The summed E-state index contributed by atoms with van der Waals surface area (Å²) >= 11 is 1.40. The zero-order valence-corrected chi connectivity index (χ0v) is 15.6. The summed E-state index contributed by atoms with van der Waals surface area (Å²) in [5.41, 5.74) is 0.509. The van der Waals surface area contributed by atoms with Crippen molar-refractivity contribution in [3.05, 3.63) is 51.9 Å². The Morgan fingerprint density at radius 2 is 2.12 bits per heavy atom.